The number of hydrogen-bond acceptors (Lipinski definition) is 3. The molecule has 1 heterocycles. The Bertz CT molecular complexity index is 414. The van der Waals surface area contributed by atoms with Gasteiger partial charge in [-0.3, -0.25) is 4.79 Å². The van der Waals surface area contributed by atoms with E-state index in [0.717, 1.165) is 41.5 Å². The van der Waals surface area contributed by atoms with Crippen LogP contribution in [0.4, 0.5) is 0 Å². The van der Waals surface area contributed by atoms with E-state index in [2.05, 4.69) is 0 Å². The molecule has 1 aliphatic heterocycles. The number of amides is 1. The van der Waals surface area contributed by atoms with Crippen molar-refractivity contribution >= 4 is 17.7 Å². The summed E-state index contributed by atoms with van der Waals surface area (Å²) in [6.07, 6.45) is 0. The topological polar surface area (TPSA) is 29.5 Å². The Kier molecular flexibility index (Phi) is 3.94. The monoisotopic (exact) mass is 251 g/mol. The second-order valence-electron chi connectivity index (χ2n) is 4.09. The van der Waals surface area contributed by atoms with Gasteiger partial charge in [0.1, 0.15) is 5.75 Å². The van der Waals surface area contributed by atoms with Crippen LogP contribution in [0.3, 0.4) is 0 Å². The predicted molar refractivity (Wildman–Crippen MR) is 71.0 cm³/mol. The lowest BCUT2D eigenvalue weighted by Crippen LogP contribution is -2.37. The molecular weight excluding hydrogens is 234 g/mol. The molecule has 0 unspecified atom stereocenters. The zero-order valence-corrected chi connectivity index (χ0v) is 11.0. The summed E-state index contributed by atoms with van der Waals surface area (Å²) in [5, 5.41) is 0. The molecule has 1 saturated heterocycles. The third kappa shape index (κ3) is 2.75. The van der Waals surface area contributed by atoms with E-state index in [4.69, 9.17) is 4.74 Å². The van der Waals surface area contributed by atoms with E-state index in [9.17, 15) is 4.79 Å². The van der Waals surface area contributed by atoms with Crippen LogP contribution in [0.15, 0.2) is 18.2 Å². The summed E-state index contributed by atoms with van der Waals surface area (Å²) in [7, 11) is 1.63. The molecule has 0 N–H and O–H groups in total. The maximum Gasteiger partial charge on any atom is 0.254 e. The Balaban J connectivity index is 2.18. The molecule has 0 bridgehead atoms. The predicted octanol–water partition coefficient (Wildman–Crippen LogP) is 2.19. The third-order valence-corrected chi connectivity index (χ3v) is 3.90. The highest BCUT2D eigenvalue weighted by molar-refractivity contribution is 7.99. The molecule has 4 heteroatoms. The SMILES string of the molecule is COc1cc(C(=O)N2CCSCC2)ccc1C. The fraction of sp³-hybridized carbons (Fsp3) is 0.462. The first-order chi connectivity index (χ1) is 8.22. The summed E-state index contributed by atoms with van der Waals surface area (Å²) in [5.74, 6) is 2.97. The van der Waals surface area contributed by atoms with Gasteiger partial charge in [-0.15, -0.1) is 0 Å². The first kappa shape index (κ1) is 12.3. The molecule has 3 nitrogen and oxygen atoms in total. The van der Waals surface area contributed by atoms with Crippen LogP contribution in [0, 0.1) is 6.92 Å². The van der Waals surface area contributed by atoms with Crippen molar-refractivity contribution < 1.29 is 9.53 Å². The van der Waals surface area contributed by atoms with Crippen LogP contribution in [0.25, 0.3) is 0 Å². The van der Waals surface area contributed by atoms with Crippen LogP contribution in [0.5, 0.6) is 5.75 Å². The van der Waals surface area contributed by atoms with Crippen LogP contribution in [0.2, 0.25) is 0 Å². The number of aryl methyl sites for hydroxylation is 1. The van der Waals surface area contributed by atoms with Crippen molar-refractivity contribution in [3.63, 3.8) is 0 Å². The van der Waals surface area contributed by atoms with E-state index in [-0.39, 0.29) is 5.91 Å². The van der Waals surface area contributed by atoms with Gasteiger partial charge in [0.15, 0.2) is 0 Å². The van der Waals surface area contributed by atoms with E-state index in [1.54, 1.807) is 7.11 Å². The lowest BCUT2D eigenvalue weighted by Gasteiger charge is -2.26. The van der Waals surface area contributed by atoms with Gasteiger partial charge in [-0.25, -0.2) is 0 Å². The van der Waals surface area contributed by atoms with Crippen molar-refractivity contribution in [2.24, 2.45) is 0 Å². The molecule has 1 amide bonds. The van der Waals surface area contributed by atoms with Gasteiger partial charge >= 0.3 is 0 Å². The molecule has 92 valence electrons. The number of carbonyl (C=O) groups is 1. The van der Waals surface area contributed by atoms with Gasteiger partial charge in [-0.05, 0) is 24.6 Å². The molecule has 0 radical (unpaired) electrons. The number of benzene rings is 1. The van der Waals surface area contributed by atoms with Gasteiger partial charge in [0.05, 0.1) is 7.11 Å². The fourth-order valence-electron chi connectivity index (χ4n) is 1.90. The van der Waals surface area contributed by atoms with Gasteiger partial charge in [0.25, 0.3) is 5.91 Å². The Morgan fingerprint density at radius 3 is 2.71 bits per heavy atom. The molecule has 0 atom stereocenters. The average molecular weight is 251 g/mol. The smallest absolute Gasteiger partial charge is 0.254 e. The first-order valence-electron chi connectivity index (χ1n) is 5.74. The summed E-state index contributed by atoms with van der Waals surface area (Å²) < 4.78 is 5.25. The molecule has 0 aromatic heterocycles. The number of thioether (sulfide) groups is 1. The first-order valence-corrected chi connectivity index (χ1v) is 6.89. The lowest BCUT2D eigenvalue weighted by molar-refractivity contribution is 0.0772. The lowest BCUT2D eigenvalue weighted by atomic mass is 10.1. The molecule has 0 spiro atoms. The Morgan fingerprint density at radius 2 is 2.06 bits per heavy atom. The largest absolute Gasteiger partial charge is 0.496 e. The average Bonchev–Trinajstić information content (AvgIpc) is 2.39. The summed E-state index contributed by atoms with van der Waals surface area (Å²) in [6, 6.07) is 5.64. The number of carbonyl (C=O) groups excluding carboxylic acids is 1. The summed E-state index contributed by atoms with van der Waals surface area (Å²) in [5.41, 5.74) is 1.78. The third-order valence-electron chi connectivity index (χ3n) is 2.95. The Morgan fingerprint density at radius 1 is 1.35 bits per heavy atom. The quantitative estimate of drug-likeness (QED) is 0.807. The normalized spacial score (nSPS) is 15.8. The zero-order valence-electron chi connectivity index (χ0n) is 10.2. The van der Waals surface area contributed by atoms with Gasteiger partial charge in [-0.1, -0.05) is 6.07 Å². The standard InChI is InChI=1S/C13H17NO2S/c1-10-3-4-11(9-12(10)16-2)13(15)14-5-7-17-8-6-14/h3-4,9H,5-8H2,1-2H3. The molecule has 0 aliphatic carbocycles. The summed E-state index contributed by atoms with van der Waals surface area (Å²) in [4.78, 5) is 14.2. The van der Waals surface area contributed by atoms with Crippen molar-refractivity contribution in [3.05, 3.63) is 29.3 Å². The second-order valence-corrected chi connectivity index (χ2v) is 5.31. The van der Waals surface area contributed by atoms with Crippen molar-refractivity contribution in [3.8, 4) is 5.75 Å². The Labute approximate surface area is 106 Å². The fourth-order valence-corrected chi connectivity index (χ4v) is 2.81. The van der Waals surface area contributed by atoms with Crippen LogP contribution in [-0.2, 0) is 0 Å². The number of methoxy groups -OCH3 is 1. The van der Waals surface area contributed by atoms with Crippen LogP contribution >= 0.6 is 11.8 Å². The Hall–Kier alpha value is -1.16. The highest BCUT2D eigenvalue weighted by atomic mass is 32.2. The van der Waals surface area contributed by atoms with Crippen molar-refractivity contribution in [1.82, 2.24) is 4.90 Å². The molecular formula is C13H17NO2S. The van der Waals surface area contributed by atoms with E-state index in [0.29, 0.717) is 0 Å². The van der Waals surface area contributed by atoms with Gasteiger partial charge in [-0.2, -0.15) is 11.8 Å². The van der Waals surface area contributed by atoms with Crippen LogP contribution in [-0.4, -0.2) is 42.5 Å². The molecule has 1 aliphatic rings. The molecule has 2 rings (SSSR count). The van der Waals surface area contributed by atoms with Crippen LogP contribution < -0.4 is 4.74 Å². The maximum absolute atomic E-state index is 12.2. The number of nitrogens with zero attached hydrogens (tertiary/aromatic N) is 1. The summed E-state index contributed by atoms with van der Waals surface area (Å²) in [6.45, 7) is 3.67. The molecule has 0 saturated carbocycles. The van der Waals surface area contributed by atoms with E-state index < -0.39 is 0 Å². The second kappa shape index (κ2) is 5.45. The van der Waals surface area contributed by atoms with Gasteiger partial charge < -0.3 is 9.64 Å². The van der Waals surface area contributed by atoms with Crippen molar-refractivity contribution in [1.29, 1.82) is 0 Å². The number of ether oxygens (including phenoxy) is 1. The van der Waals surface area contributed by atoms with Gasteiger partial charge in [0.2, 0.25) is 0 Å². The number of rotatable bonds is 2. The molecule has 17 heavy (non-hydrogen) atoms. The van der Waals surface area contributed by atoms with E-state index in [1.165, 1.54) is 0 Å². The van der Waals surface area contributed by atoms with E-state index >= 15 is 0 Å². The summed E-state index contributed by atoms with van der Waals surface area (Å²) >= 11 is 1.90. The zero-order chi connectivity index (χ0) is 12.3. The number of hydrogen-bond donors (Lipinski definition) is 0. The van der Waals surface area contributed by atoms with Crippen molar-refractivity contribution in [2.75, 3.05) is 31.7 Å². The highest BCUT2D eigenvalue weighted by Crippen LogP contribution is 2.21. The maximum atomic E-state index is 12.2. The van der Waals surface area contributed by atoms with Crippen LogP contribution in [0.1, 0.15) is 15.9 Å². The molecule has 1 aromatic carbocycles. The minimum atomic E-state index is 0.114. The molecule has 1 fully saturated rings. The minimum absolute atomic E-state index is 0.114. The van der Waals surface area contributed by atoms with E-state index in [1.807, 2.05) is 41.8 Å². The minimum Gasteiger partial charge on any atom is -0.496 e. The van der Waals surface area contributed by atoms with Crippen molar-refractivity contribution in [2.45, 2.75) is 6.92 Å². The highest BCUT2D eigenvalue weighted by Gasteiger charge is 2.18. The molecule has 1 aromatic rings. The van der Waals surface area contributed by atoms with Gasteiger partial charge in [0, 0.05) is 30.2 Å².